The van der Waals surface area contributed by atoms with Gasteiger partial charge in [0.15, 0.2) is 8.32 Å². The zero-order chi connectivity index (χ0) is 27.5. The van der Waals surface area contributed by atoms with Crippen molar-refractivity contribution in [3.63, 3.8) is 0 Å². The van der Waals surface area contributed by atoms with Crippen molar-refractivity contribution >= 4 is 40.8 Å². The lowest BCUT2D eigenvalue weighted by Crippen LogP contribution is -2.48. The Morgan fingerprint density at radius 2 is 0.919 bits per heavy atom. The first-order valence-electron chi connectivity index (χ1n) is 13.9. The summed E-state index contributed by atoms with van der Waals surface area (Å²) in [5.41, 5.74) is -0.0879. The first-order chi connectivity index (χ1) is 17.0. The van der Waals surface area contributed by atoms with Gasteiger partial charge in [0.1, 0.15) is 0 Å². The van der Waals surface area contributed by atoms with Crippen molar-refractivity contribution in [1.82, 2.24) is 0 Å². The molecule has 4 saturated carbocycles. The summed E-state index contributed by atoms with van der Waals surface area (Å²) in [4.78, 5) is 44.9. The Hall–Kier alpha value is -1.37. The lowest BCUT2D eigenvalue weighted by atomic mass is 9.81. The van der Waals surface area contributed by atoms with Crippen LogP contribution in [0.1, 0.15) is 59.3 Å². The third-order valence-electron chi connectivity index (χ3n) is 8.43. The van der Waals surface area contributed by atoms with Crippen molar-refractivity contribution in [2.24, 2.45) is 47.3 Å². The van der Waals surface area contributed by atoms with Crippen LogP contribution in [0.2, 0.25) is 32.7 Å². The predicted octanol–water partition coefficient (Wildman–Crippen LogP) is 4.82. The Balaban J connectivity index is 0.000000130. The van der Waals surface area contributed by atoms with Gasteiger partial charge in [-0.15, -0.1) is 0 Å². The minimum Gasteiger partial charge on any atom is -0.436 e. The summed E-state index contributed by atoms with van der Waals surface area (Å²) in [6.07, 6.45) is 6.64. The molecule has 8 atom stereocenters. The highest BCUT2D eigenvalue weighted by atomic mass is 28.4. The van der Waals surface area contributed by atoms with Gasteiger partial charge < -0.3 is 18.0 Å². The van der Waals surface area contributed by atoms with Crippen molar-refractivity contribution < 1.29 is 37.2 Å². The minimum atomic E-state index is -1.91. The number of carbonyl (C=O) groups excluding carboxylic acids is 4. The first-order valence-corrected chi connectivity index (χ1v) is 20.1. The number of carbonyl (C=O) groups is 4. The number of hydrogen-bond donors (Lipinski definition) is 0. The van der Waals surface area contributed by atoms with Crippen LogP contribution in [0, 0.1) is 47.3 Å². The fourth-order valence-corrected chi connectivity index (χ4v) is 15.4. The van der Waals surface area contributed by atoms with Crippen LogP contribution in [0.3, 0.4) is 0 Å². The normalized spacial score (nSPS) is 37.4. The van der Waals surface area contributed by atoms with E-state index in [9.17, 15) is 19.2 Å². The lowest BCUT2D eigenvalue weighted by molar-refractivity contribution is -0.156. The fraction of sp³-hybridized carbons (Fsp3) is 0.852. The third-order valence-corrected chi connectivity index (χ3v) is 13.9. The van der Waals surface area contributed by atoms with Gasteiger partial charge in [-0.3, -0.25) is 19.2 Å². The molecule has 208 valence electrons. The SMILES string of the molecule is CC(C)(C)O[Si](C)(C)O[Si](C)(C)C.O=C1OC(=O)C2C3CCC(C3)C12.O=C1OC(=O)C2C3CCC(C3)C12. The number of ether oxygens (including phenoxy) is 2. The van der Waals surface area contributed by atoms with E-state index in [-0.39, 0.29) is 53.1 Å². The molecule has 4 aliphatic carbocycles. The molecule has 8 nitrogen and oxygen atoms in total. The molecule has 6 rings (SSSR count). The molecule has 37 heavy (non-hydrogen) atoms. The molecule has 0 spiro atoms. The van der Waals surface area contributed by atoms with E-state index in [4.69, 9.17) is 8.54 Å². The molecule has 4 bridgehead atoms. The molecule has 0 aromatic carbocycles. The Morgan fingerprint density at radius 3 is 1.16 bits per heavy atom. The van der Waals surface area contributed by atoms with E-state index in [1.54, 1.807) is 0 Å². The van der Waals surface area contributed by atoms with Gasteiger partial charge >= 0.3 is 32.4 Å². The largest absolute Gasteiger partial charge is 0.436 e. The maximum atomic E-state index is 11.2. The van der Waals surface area contributed by atoms with E-state index in [1.807, 2.05) is 0 Å². The van der Waals surface area contributed by atoms with Gasteiger partial charge in [0, 0.05) is 0 Å². The monoisotopic (exact) mass is 552 g/mol. The molecule has 0 aromatic rings. The Labute approximate surface area is 222 Å². The van der Waals surface area contributed by atoms with Crippen molar-refractivity contribution in [3.8, 4) is 0 Å². The third kappa shape index (κ3) is 6.28. The Bertz CT molecular complexity index is 823. The van der Waals surface area contributed by atoms with Gasteiger partial charge in [-0.05, 0) is 116 Å². The van der Waals surface area contributed by atoms with E-state index >= 15 is 0 Å². The summed E-state index contributed by atoms with van der Waals surface area (Å²) in [5, 5.41) is 0. The number of hydrogen-bond acceptors (Lipinski definition) is 8. The molecule has 2 saturated heterocycles. The number of fused-ring (bicyclic) bond motifs is 10. The standard InChI is InChI=1S/2C9H10O3.C9H24O2Si2/c2*10-8-6-4-1-2-5(3-4)7(6)9(11)12-8;1-9(2,3)10-13(7,8)11-12(4,5)6/h2*4-7H,1-3H2;1-8H3. The lowest BCUT2D eigenvalue weighted by Gasteiger charge is -2.36. The number of rotatable bonds is 3. The zero-order valence-electron chi connectivity index (χ0n) is 23.6. The van der Waals surface area contributed by atoms with Gasteiger partial charge in [0.2, 0.25) is 0 Å². The molecular formula is C27H44O8Si2. The van der Waals surface area contributed by atoms with Crippen LogP contribution in [-0.4, -0.2) is 46.4 Å². The second-order valence-electron chi connectivity index (χ2n) is 14.1. The van der Waals surface area contributed by atoms with E-state index in [1.165, 1.54) is 0 Å². The summed E-state index contributed by atoms with van der Waals surface area (Å²) in [7, 11) is -3.37. The van der Waals surface area contributed by atoms with Crippen LogP contribution in [0.5, 0.6) is 0 Å². The average Bonchev–Trinajstić information content (AvgIpc) is 3.52. The highest BCUT2D eigenvalue weighted by Crippen LogP contribution is 2.56. The quantitative estimate of drug-likeness (QED) is 0.279. The van der Waals surface area contributed by atoms with E-state index in [0.29, 0.717) is 23.7 Å². The van der Waals surface area contributed by atoms with Crippen LogP contribution >= 0.6 is 0 Å². The summed E-state index contributed by atoms with van der Waals surface area (Å²) in [6.45, 7) is 17.1. The maximum Gasteiger partial charge on any atom is 0.321 e. The molecule has 10 heteroatoms. The fourth-order valence-electron chi connectivity index (χ4n) is 7.91. The minimum absolute atomic E-state index is 0.0590. The second-order valence-corrected chi connectivity index (χ2v) is 22.1. The van der Waals surface area contributed by atoms with Gasteiger partial charge in [0.05, 0.1) is 29.3 Å². The van der Waals surface area contributed by atoms with Crippen molar-refractivity contribution in [2.45, 2.75) is 97.6 Å². The summed E-state index contributed by atoms with van der Waals surface area (Å²) < 4.78 is 21.3. The molecule has 2 aliphatic heterocycles. The number of esters is 4. The van der Waals surface area contributed by atoms with Crippen molar-refractivity contribution in [1.29, 1.82) is 0 Å². The van der Waals surface area contributed by atoms with E-state index < -0.39 is 16.9 Å². The Morgan fingerprint density at radius 1 is 0.622 bits per heavy atom. The highest BCUT2D eigenvalue weighted by Gasteiger charge is 2.60. The second kappa shape index (κ2) is 9.99. The molecule has 2 heterocycles. The van der Waals surface area contributed by atoms with Crippen molar-refractivity contribution in [2.75, 3.05) is 0 Å². The van der Waals surface area contributed by atoms with Gasteiger partial charge in [-0.2, -0.15) is 0 Å². The maximum absolute atomic E-state index is 11.2. The summed E-state index contributed by atoms with van der Waals surface area (Å²) in [5.74, 6) is 0.583. The van der Waals surface area contributed by atoms with Crippen LogP contribution < -0.4 is 0 Å². The van der Waals surface area contributed by atoms with Crippen LogP contribution in [0.25, 0.3) is 0 Å². The van der Waals surface area contributed by atoms with Crippen LogP contribution in [0.4, 0.5) is 0 Å². The number of cyclic esters (lactones) is 4. The van der Waals surface area contributed by atoms with E-state index in [2.05, 4.69) is 63.0 Å². The summed E-state index contributed by atoms with van der Waals surface area (Å²) >= 11 is 0. The van der Waals surface area contributed by atoms with Crippen LogP contribution in [-0.2, 0) is 37.2 Å². The molecule has 8 unspecified atom stereocenters. The molecule has 0 aromatic heterocycles. The topological polar surface area (TPSA) is 105 Å². The molecular weight excluding hydrogens is 508 g/mol. The predicted molar refractivity (Wildman–Crippen MR) is 141 cm³/mol. The average molecular weight is 553 g/mol. The van der Waals surface area contributed by atoms with Gasteiger partial charge in [-0.25, -0.2) is 0 Å². The van der Waals surface area contributed by atoms with Crippen molar-refractivity contribution in [3.05, 3.63) is 0 Å². The van der Waals surface area contributed by atoms with Crippen LogP contribution in [0.15, 0.2) is 0 Å². The summed E-state index contributed by atoms with van der Waals surface area (Å²) in [6, 6.07) is 0. The zero-order valence-corrected chi connectivity index (χ0v) is 25.6. The van der Waals surface area contributed by atoms with Gasteiger partial charge in [0.25, 0.3) is 0 Å². The first kappa shape index (κ1) is 28.6. The molecule has 0 amide bonds. The molecule has 6 aliphatic rings. The smallest absolute Gasteiger partial charge is 0.321 e. The van der Waals surface area contributed by atoms with Gasteiger partial charge in [-0.1, -0.05) is 0 Å². The Kier molecular flexibility index (Phi) is 7.73. The molecule has 0 radical (unpaired) electrons. The molecule has 6 fully saturated rings. The van der Waals surface area contributed by atoms with E-state index in [0.717, 1.165) is 38.5 Å². The molecule has 0 N–H and O–H groups in total. The highest BCUT2D eigenvalue weighted by molar-refractivity contribution is 6.81.